The van der Waals surface area contributed by atoms with Gasteiger partial charge in [-0.3, -0.25) is 9.50 Å². The minimum atomic E-state index is 0.640. The minimum absolute atomic E-state index is 0.640. The van der Waals surface area contributed by atoms with Crippen LogP contribution in [0.3, 0.4) is 0 Å². The van der Waals surface area contributed by atoms with Gasteiger partial charge >= 0.3 is 0 Å². The quantitative estimate of drug-likeness (QED) is 0.657. The summed E-state index contributed by atoms with van der Waals surface area (Å²) in [4.78, 5) is 0. The lowest BCUT2D eigenvalue weighted by Crippen LogP contribution is -2.01. The maximum absolute atomic E-state index is 5.60. The van der Waals surface area contributed by atoms with Gasteiger partial charge in [-0.1, -0.05) is 19.1 Å². The Morgan fingerprint density at radius 1 is 1.44 bits per heavy atom. The zero-order valence-electron chi connectivity index (χ0n) is 9.07. The molecule has 1 N–H and O–H groups in total. The van der Waals surface area contributed by atoms with Crippen LogP contribution in [0.5, 0.6) is 0 Å². The van der Waals surface area contributed by atoms with E-state index < -0.39 is 0 Å². The number of fused-ring (bicyclic) bond motifs is 3. The van der Waals surface area contributed by atoms with Gasteiger partial charge in [0.1, 0.15) is 16.2 Å². The van der Waals surface area contributed by atoms with Crippen molar-refractivity contribution in [3.8, 4) is 0 Å². The van der Waals surface area contributed by atoms with Crippen molar-refractivity contribution in [1.29, 1.82) is 0 Å². The fourth-order valence-corrected chi connectivity index (χ4v) is 2.22. The molecule has 0 spiro atoms. The highest BCUT2D eigenvalue weighted by Crippen LogP contribution is 2.24. The average molecular weight is 233 g/mol. The number of furan rings is 1. The summed E-state index contributed by atoms with van der Waals surface area (Å²) in [5, 5.41) is 7.11. The van der Waals surface area contributed by atoms with Crippen LogP contribution in [-0.2, 0) is 6.42 Å². The number of rotatable bonds is 1. The predicted molar refractivity (Wildman–Crippen MR) is 64.3 cm³/mol. The summed E-state index contributed by atoms with van der Waals surface area (Å²) in [5.74, 6) is 1.86. The van der Waals surface area contributed by atoms with E-state index in [0.29, 0.717) is 4.64 Å². The second-order valence-electron chi connectivity index (χ2n) is 3.79. The van der Waals surface area contributed by atoms with E-state index in [1.165, 1.54) is 0 Å². The Bertz CT molecular complexity index is 735. The van der Waals surface area contributed by atoms with Crippen molar-refractivity contribution in [2.24, 2.45) is 0 Å². The zero-order chi connectivity index (χ0) is 11.3. The van der Waals surface area contributed by atoms with Gasteiger partial charge in [0.25, 0.3) is 0 Å². The largest absolute Gasteiger partial charge is 0.460 e. The lowest BCUT2D eigenvalue weighted by atomic mass is 10.4. The molecule has 0 aliphatic rings. The molecule has 0 bridgehead atoms. The van der Waals surface area contributed by atoms with Crippen LogP contribution in [0.2, 0.25) is 0 Å². The SMILES string of the molecule is CCc1n[nH]c(=S)c2cc3oc(C)cc3n12. The summed E-state index contributed by atoms with van der Waals surface area (Å²) in [5.41, 5.74) is 2.85. The van der Waals surface area contributed by atoms with Crippen molar-refractivity contribution < 1.29 is 4.42 Å². The molecule has 0 unspecified atom stereocenters. The summed E-state index contributed by atoms with van der Waals surface area (Å²) in [6.45, 7) is 4.01. The van der Waals surface area contributed by atoms with Crippen LogP contribution in [0.4, 0.5) is 0 Å². The highest BCUT2D eigenvalue weighted by atomic mass is 32.1. The van der Waals surface area contributed by atoms with Gasteiger partial charge in [-0.25, -0.2) is 0 Å². The van der Waals surface area contributed by atoms with Crippen LogP contribution in [0.25, 0.3) is 16.6 Å². The van der Waals surface area contributed by atoms with Crippen LogP contribution in [0, 0.1) is 11.6 Å². The third-order valence-corrected chi connectivity index (χ3v) is 3.01. The minimum Gasteiger partial charge on any atom is -0.460 e. The third-order valence-electron chi connectivity index (χ3n) is 2.71. The maximum atomic E-state index is 5.60. The second-order valence-corrected chi connectivity index (χ2v) is 4.20. The molecule has 0 fully saturated rings. The maximum Gasteiger partial charge on any atom is 0.153 e. The lowest BCUT2D eigenvalue weighted by Gasteiger charge is -2.01. The molecule has 16 heavy (non-hydrogen) atoms. The van der Waals surface area contributed by atoms with E-state index in [-0.39, 0.29) is 0 Å². The molecule has 3 heterocycles. The topological polar surface area (TPSA) is 46.2 Å². The molecule has 5 heteroatoms. The fraction of sp³-hybridized carbons (Fsp3) is 0.273. The van der Waals surface area contributed by atoms with Crippen molar-refractivity contribution in [2.45, 2.75) is 20.3 Å². The molecular weight excluding hydrogens is 222 g/mol. The molecule has 0 aromatic carbocycles. The summed E-state index contributed by atoms with van der Waals surface area (Å²) in [6.07, 6.45) is 0.844. The fourth-order valence-electron chi connectivity index (χ4n) is 2.02. The van der Waals surface area contributed by atoms with Crippen molar-refractivity contribution in [1.82, 2.24) is 14.6 Å². The van der Waals surface area contributed by atoms with Crippen molar-refractivity contribution in [2.75, 3.05) is 0 Å². The molecular formula is C11H11N3OS. The van der Waals surface area contributed by atoms with Gasteiger partial charge in [0.05, 0.1) is 11.0 Å². The summed E-state index contributed by atoms with van der Waals surface area (Å²) >= 11 is 5.22. The molecule has 0 saturated carbocycles. The van der Waals surface area contributed by atoms with E-state index in [2.05, 4.69) is 21.5 Å². The Labute approximate surface area is 96.9 Å². The second kappa shape index (κ2) is 3.18. The number of aromatic nitrogens is 3. The number of hydrogen-bond donors (Lipinski definition) is 1. The lowest BCUT2D eigenvalue weighted by molar-refractivity contribution is 0.579. The zero-order valence-corrected chi connectivity index (χ0v) is 9.89. The number of nitrogens with zero attached hydrogens (tertiary/aromatic N) is 2. The first-order valence-electron chi connectivity index (χ1n) is 5.20. The van der Waals surface area contributed by atoms with Gasteiger partial charge < -0.3 is 4.42 Å². The first-order chi connectivity index (χ1) is 7.70. The first kappa shape index (κ1) is 9.59. The molecule has 82 valence electrons. The smallest absolute Gasteiger partial charge is 0.153 e. The number of H-pyrrole nitrogens is 1. The van der Waals surface area contributed by atoms with Gasteiger partial charge in [0.15, 0.2) is 5.58 Å². The molecule has 4 nitrogen and oxygen atoms in total. The molecule has 3 aromatic rings. The Morgan fingerprint density at radius 3 is 3.00 bits per heavy atom. The Kier molecular flexibility index (Phi) is 1.91. The highest BCUT2D eigenvalue weighted by molar-refractivity contribution is 7.71. The molecule has 0 aliphatic heterocycles. The molecule has 0 atom stereocenters. The molecule has 0 radical (unpaired) electrons. The van der Waals surface area contributed by atoms with Crippen LogP contribution in [-0.4, -0.2) is 14.6 Å². The first-order valence-corrected chi connectivity index (χ1v) is 5.60. The van der Waals surface area contributed by atoms with Gasteiger partial charge in [0, 0.05) is 18.6 Å². The Balaban J connectivity index is 2.61. The van der Waals surface area contributed by atoms with Crippen LogP contribution < -0.4 is 0 Å². The summed E-state index contributed by atoms with van der Waals surface area (Å²) in [6, 6.07) is 3.97. The Morgan fingerprint density at radius 2 is 2.25 bits per heavy atom. The number of hydrogen-bond acceptors (Lipinski definition) is 3. The number of aryl methyl sites for hydroxylation is 2. The van der Waals surface area contributed by atoms with Gasteiger partial charge in [0.2, 0.25) is 0 Å². The van der Waals surface area contributed by atoms with E-state index in [1.54, 1.807) is 0 Å². The van der Waals surface area contributed by atoms with E-state index in [0.717, 1.165) is 34.6 Å². The van der Waals surface area contributed by atoms with Crippen molar-refractivity contribution in [3.05, 3.63) is 28.4 Å². The van der Waals surface area contributed by atoms with Crippen molar-refractivity contribution in [3.63, 3.8) is 0 Å². The van der Waals surface area contributed by atoms with Crippen LogP contribution >= 0.6 is 12.2 Å². The standard InChI is InChI=1S/C11H11N3OS/c1-3-10-12-13-11(16)8-5-9-7(14(8)10)4-6(2)15-9/h4-5H,3H2,1-2H3,(H,13,16). The van der Waals surface area contributed by atoms with E-state index in [9.17, 15) is 0 Å². The van der Waals surface area contributed by atoms with Gasteiger partial charge in [-0.15, -0.1) is 0 Å². The number of nitrogens with one attached hydrogen (secondary N) is 1. The Hall–Kier alpha value is -1.62. The normalized spacial score (nSPS) is 11.6. The molecule has 3 aromatic heterocycles. The predicted octanol–water partition coefficient (Wildman–Crippen LogP) is 3.01. The van der Waals surface area contributed by atoms with Crippen LogP contribution in [0.1, 0.15) is 18.5 Å². The molecule has 0 amide bonds. The van der Waals surface area contributed by atoms with Crippen molar-refractivity contribution >= 4 is 28.8 Å². The third kappa shape index (κ3) is 1.15. The van der Waals surface area contributed by atoms with E-state index >= 15 is 0 Å². The highest BCUT2D eigenvalue weighted by Gasteiger charge is 2.11. The monoisotopic (exact) mass is 233 g/mol. The van der Waals surface area contributed by atoms with Gasteiger partial charge in [-0.2, -0.15) is 5.10 Å². The molecule has 3 rings (SSSR count). The van der Waals surface area contributed by atoms with E-state index in [1.807, 2.05) is 19.1 Å². The summed E-state index contributed by atoms with van der Waals surface area (Å²) < 4.78 is 8.30. The number of aromatic amines is 1. The molecule has 0 saturated heterocycles. The van der Waals surface area contributed by atoms with Gasteiger partial charge in [-0.05, 0) is 6.92 Å². The van der Waals surface area contributed by atoms with E-state index in [4.69, 9.17) is 16.6 Å². The molecule has 0 aliphatic carbocycles. The average Bonchev–Trinajstić information content (AvgIpc) is 2.76. The summed E-state index contributed by atoms with van der Waals surface area (Å²) in [7, 11) is 0. The van der Waals surface area contributed by atoms with Crippen LogP contribution in [0.15, 0.2) is 16.5 Å².